The summed E-state index contributed by atoms with van der Waals surface area (Å²) in [6.07, 6.45) is 2.12. The normalized spacial score (nSPS) is 17.7. The van der Waals surface area contributed by atoms with Crippen LogP contribution in [-0.2, 0) is 25.8 Å². The smallest absolute Gasteiger partial charge is 0.306 e. The summed E-state index contributed by atoms with van der Waals surface area (Å²) in [6.45, 7) is 1.71. The first kappa shape index (κ1) is 15.0. The monoisotopic (exact) mass is 325 g/mol. The van der Waals surface area contributed by atoms with E-state index in [-0.39, 0.29) is 17.3 Å². The number of fused-ring (bicyclic) bond motifs is 3. The van der Waals surface area contributed by atoms with Crippen molar-refractivity contribution < 1.29 is 22.3 Å². The van der Waals surface area contributed by atoms with Gasteiger partial charge in [-0.2, -0.15) is 0 Å². The number of aromatic nitrogens is 1. The lowest BCUT2D eigenvalue weighted by Crippen LogP contribution is -2.08. The van der Waals surface area contributed by atoms with Crippen LogP contribution in [0.3, 0.4) is 0 Å². The van der Waals surface area contributed by atoms with Gasteiger partial charge in [0, 0.05) is 18.1 Å². The highest BCUT2D eigenvalue weighted by Crippen LogP contribution is 2.40. The van der Waals surface area contributed by atoms with Gasteiger partial charge in [0.15, 0.2) is 9.84 Å². The van der Waals surface area contributed by atoms with Crippen LogP contribution in [0.1, 0.15) is 37.1 Å². The molecule has 1 aliphatic rings. The van der Waals surface area contributed by atoms with Crippen molar-refractivity contribution in [2.75, 3.05) is 6.26 Å². The highest BCUT2D eigenvalue weighted by atomic mass is 32.2. The van der Waals surface area contributed by atoms with Crippen molar-refractivity contribution in [2.24, 2.45) is 0 Å². The largest absolute Gasteiger partial charge is 0.456 e. The Morgan fingerprint density at radius 1 is 1.45 bits per heavy atom. The maximum absolute atomic E-state index is 13.8. The number of aryl methyl sites for hydroxylation is 1. The third-order valence-corrected chi connectivity index (χ3v) is 5.04. The predicted molar refractivity (Wildman–Crippen MR) is 78.8 cm³/mol. The second kappa shape index (κ2) is 5.08. The topological polar surface area (TPSA) is 76.2 Å². The Balaban J connectivity index is 2.18. The maximum atomic E-state index is 13.8. The van der Waals surface area contributed by atoms with Crippen LogP contribution in [0.2, 0.25) is 0 Å². The van der Waals surface area contributed by atoms with Crippen molar-refractivity contribution >= 4 is 26.7 Å². The lowest BCUT2D eigenvalue weighted by atomic mass is 10.1. The molecule has 1 N–H and O–H groups in total. The third kappa shape index (κ3) is 2.39. The van der Waals surface area contributed by atoms with Crippen LogP contribution in [0, 0.1) is 5.82 Å². The first-order valence-electron chi connectivity index (χ1n) is 7.04. The van der Waals surface area contributed by atoms with Crippen LogP contribution in [-0.4, -0.2) is 25.6 Å². The number of H-pyrrole nitrogens is 1. The second-order valence-corrected chi connectivity index (χ2v) is 7.47. The van der Waals surface area contributed by atoms with E-state index in [1.165, 1.54) is 6.07 Å². The summed E-state index contributed by atoms with van der Waals surface area (Å²) in [5, 5.41) is 0.547. The van der Waals surface area contributed by atoms with Gasteiger partial charge in [0.05, 0.1) is 16.1 Å². The summed E-state index contributed by atoms with van der Waals surface area (Å²) in [6, 6.07) is 2.33. The van der Waals surface area contributed by atoms with Crippen molar-refractivity contribution in [3.8, 4) is 0 Å². The van der Waals surface area contributed by atoms with Crippen LogP contribution < -0.4 is 0 Å². The molecule has 22 heavy (non-hydrogen) atoms. The molecule has 0 saturated carbocycles. The molecule has 7 heteroatoms. The lowest BCUT2D eigenvalue weighted by molar-refractivity contribution is -0.149. The minimum atomic E-state index is -3.56. The molecular formula is C15H16FNO4S. The van der Waals surface area contributed by atoms with E-state index in [1.54, 1.807) is 6.92 Å². The van der Waals surface area contributed by atoms with Crippen LogP contribution in [0.15, 0.2) is 17.0 Å². The zero-order valence-electron chi connectivity index (χ0n) is 12.3. The van der Waals surface area contributed by atoms with Gasteiger partial charge in [0.25, 0.3) is 0 Å². The number of ether oxygens (including phenoxy) is 1. The standard InChI is InChI=1S/C15H16FNO4S/c1-3-13(18)21-11-5-4-9-10-6-8(16)7-12(22(2,19)20)15(10)17-14(9)11/h6-7,11,17H,3-5H2,1-2H3/t11-/m1/s1. The predicted octanol–water partition coefficient (Wildman–Crippen LogP) is 2.65. The zero-order valence-corrected chi connectivity index (χ0v) is 13.1. The Labute approximate surface area is 127 Å². The highest BCUT2D eigenvalue weighted by molar-refractivity contribution is 7.91. The highest BCUT2D eigenvalue weighted by Gasteiger charge is 2.31. The van der Waals surface area contributed by atoms with Gasteiger partial charge in [0.2, 0.25) is 0 Å². The number of halogens is 1. The Kier molecular flexibility index (Phi) is 3.47. The first-order chi connectivity index (χ1) is 10.3. The molecule has 0 bridgehead atoms. The second-order valence-electron chi connectivity index (χ2n) is 5.49. The number of hydrogen-bond donors (Lipinski definition) is 1. The molecule has 0 unspecified atom stereocenters. The molecule has 0 amide bonds. The summed E-state index contributed by atoms with van der Waals surface area (Å²) in [5.41, 5.74) is 1.88. The molecule has 0 aliphatic heterocycles. The molecule has 5 nitrogen and oxygen atoms in total. The van der Waals surface area contributed by atoms with Crippen LogP contribution in [0.5, 0.6) is 0 Å². The van der Waals surface area contributed by atoms with Crippen molar-refractivity contribution in [2.45, 2.75) is 37.2 Å². The maximum Gasteiger partial charge on any atom is 0.306 e. The number of benzene rings is 1. The number of aromatic amines is 1. The Bertz CT molecular complexity index is 869. The molecule has 2 aromatic rings. The summed E-state index contributed by atoms with van der Waals surface area (Å²) in [4.78, 5) is 14.4. The van der Waals surface area contributed by atoms with E-state index in [9.17, 15) is 17.6 Å². The molecule has 1 aliphatic carbocycles. The van der Waals surface area contributed by atoms with Crippen molar-refractivity contribution in [1.29, 1.82) is 0 Å². The number of nitrogens with one attached hydrogen (secondary N) is 1. The molecule has 0 radical (unpaired) electrons. The molecule has 1 aromatic carbocycles. The van der Waals surface area contributed by atoms with Gasteiger partial charge in [-0.15, -0.1) is 0 Å². The lowest BCUT2D eigenvalue weighted by Gasteiger charge is -2.11. The van der Waals surface area contributed by atoms with Gasteiger partial charge in [-0.1, -0.05) is 6.92 Å². The van der Waals surface area contributed by atoms with Gasteiger partial charge in [-0.05, 0) is 30.5 Å². The van der Waals surface area contributed by atoms with Crippen LogP contribution in [0.25, 0.3) is 10.9 Å². The van der Waals surface area contributed by atoms with E-state index in [4.69, 9.17) is 4.74 Å². The minimum absolute atomic E-state index is 0.0718. The number of carbonyl (C=O) groups is 1. The summed E-state index contributed by atoms with van der Waals surface area (Å²) < 4.78 is 42.8. The summed E-state index contributed by atoms with van der Waals surface area (Å²) in [5.74, 6) is -0.908. The fourth-order valence-corrected chi connectivity index (χ4v) is 3.78. The number of carbonyl (C=O) groups excluding carboxylic acids is 1. The van der Waals surface area contributed by atoms with Gasteiger partial charge in [0.1, 0.15) is 11.9 Å². The number of hydrogen-bond acceptors (Lipinski definition) is 4. The Morgan fingerprint density at radius 2 is 2.18 bits per heavy atom. The van der Waals surface area contributed by atoms with E-state index in [0.717, 1.165) is 17.9 Å². The van der Waals surface area contributed by atoms with Crippen molar-refractivity contribution in [1.82, 2.24) is 4.98 Å². The molecule has 1 atom stereocenters. The van der Waals surface area contributed by atoms with Crippen molar-refractivity contribution in [3.63, 3.8) is 0 Å². The van der Waals surface area contributed by atoms with Gasteiger partial charge >= 0.3 is 5.97 Å². The molecule has 1 heterocycles. The quantitative estimate of drug-likeness (QED) is 0.880. The van der Waals surface area contributed by atoms with Crippen LogP contribution >= 0.6 is 0 Å². The van der Waals surface area contributed by atoms with E-state index < -0.39 is 21.8 Å². The third-order valence-electron chi connectivity index (χ3n) is 3.92. The summed E-state index contributed by atoms with van der Waals surface area (Å²) in [7, 11) is -3.56. The first-order valence-corrected chi connectivity index (χ1v) is 8.94. The number of sulfone groups is 1. The molecule has 1 aromatic heterocycles. The van der Waals surface area contributed by atoms with Gasteiger partial charge < -0.3 is 9.72 Å². The van der Waals surface area contributed by atoms with E-state index in [0.29, 0.717) is 29.4 Å². The zero-order chi connectivity index (χ0) is 16.1. The van der Waals surface area contributed by atoms with E-state index in [1.807, 2.05) is 0 Å². The summed E-state index contributed by atoms with van der Waals surface area (Å²) >= 11 is 0. The Hall–Kier alpha value is -1.89. The fraction of sp³-hybridized carbons (Fsp3) is 0.400. The number of rotatable bonds is 3. The molecule has 0 saturated heterocycles. The minimum Gasteiger partial charge on any atom is -0.456 e. The van der Waals surface area contributed by atoms with Crippen molar-refractivity contribution in [3.05, 3.63) is 29.2 Å². The van der Waals surface area contributed by atoms with Gasteiger partial charge in [-0.3, -0.25) is 4.79 Å². The average Bonchev–Trinajstić information content (AvgIpc) is 2.97. The fourth-order valence-electron chi connectivity index (χ4n) is 2.92. The van der Waals surface area contributed by atoms with Gasteiger partial charge in [-0.25, -0.2) is 12.8 Å². The molecule has 0 fully saturated rings. The Morgan fingerprint density at radius 3 is 2.82 bits per heavy atom. The number of esters is 1. The molecule has 0 spiro atoms. The molecule has 3 rings (SSSR count). The average molecular weight is 325 g/mol. The van der Waals surface area contributed by atoms with E-state index in [2.05, 4.69) is 4.98 Å². The molecular weight excluding hydrogens is 309 g/mol. The SMILES string of the molecule is CCC(=O)O[C@@H]1CCc2c1[nH]c1c(S(C)(=O)=O)cc(F)cc21. The molecule has 118 valence electrons. The van der Waals surface area contributed by atoms with E-state index >= 15 is 0 Å². The van der Waals surface area contributed by atoms with Crippen LogP contribution in [0.4, 0.5) is 4.39 Å².